The van der Waals surface area contributed by atoms with E-state index in [4.69, 9.17) is 10.5 Å². The predicted octanol–water partition coefficient (Wildman–Crippen LogP) is 2.99. The van der Waals surface area contributed by atoms with Gasteiger partial charge >= 0.3 is 5.97 Å². The summed E-state index contributed by atoms with van der Waals surface area (Å²) >= 11 is 3.26. The summed E-state index contributed by atoms with van der Waals surface area (Å²) in [6, 6.07) is 5.01. The first kappa shape index (κ1) is 12.0. The third-order valence-electron chi connectivity index (χ3n) is 1.97. The molecule has 15 heavy (non-hydrogen) atoms. The molecule has 3 nitrogen and oxygen atoms in total. The summed E-state index contributed by atoms with van der Waals surface area (Å²) in [4.78, 5) is 11.5. The van der Waals surface area contributed by atoms with Crippen LogP contribution in [0.4, 0.5) is 5.69 Å². The molecule has 0 heterocycles. The molecule has 0 atom stereocenters. The number of hydrogen-bond acceptors (Lipinski definition) is 3. The smallest absolute Gasteiger partial charge is 0.338 e. The number of halogens is 1. The van der Waals surface area contributed by atoms with Crippen molar-refractivity contribution in [3.63, 3.8) is 0 Å². The lowest BCUT2D eigenvalue weighted by molar-refractivity contribution is 0.0499. The van der Waals surface area contributed by atoms with E-state index in [0.717, 1.165) is 12.8 Å². The van der Waals surface area contributed by atoms with Gasteiger partial charge in [0.15, 0.2) is 0 Å². The van der Waals surface area contributed by atoms with Gasteiger partial charge in [0.05, 0.1) is 12.2 Å². The first-order valence-corrected chi connectivity index (χ1v) is 5.66. The standard InChI is InChI=1S/C11H14BrNO2/c1-2-3-6-15-11(14)8-4-5-10(13)9(12)7-8/h4-5,7H,2-3,6,13H2,1H3. The zero-order chi connectivity index (χ0) is 11.3. The zero-order valence-corrected chi connectivity index (χ0v) is 10.2. The number of nitrogens with two attached hydrogens (primary N) is 1. The molecule has 0 aliphatic rings. The van der Waals surface area contributed by atoms with Crippen LogP contribution in [0, 0.1) is 0 Å². The normalized spacial score (nSPS) is 10.0. The average Bonchev–Trinajstić information content (AvgIpc) is 2.22. The average molecular weight is 272 g/mol. The van der Waals surface area contributed by atoms with Gasteiger partial charge in [-0.2, -0.15) is 0 Å². The fourth-order valence-electron chi connectivity index (χ4n) is 1.05. The summed E-state index contributed by atoms with van der Waals surface area (Å²) in [5.74, 6) is -0.302. The Hall–Kier alpha value is -1.03. The fraction of sp³-hybridized carbons (Fsp3) is 0.364. The number of carbonyl (C=O) groups is 1. The molecule has 1 aromatic rings. The van der Waals surface area contributed by atoms with Crippen LogP contribution in [0.1, 0.15) is 30.1 Å². The minimum absolute atomic E-state index is 0.302. The van der Waals surface area contributed by atoms with Crippen molar-refractivity contribution in [3.8, 4) is 0 Å². The summed E-state index contributed by atoms with van der Waals surface area (Å²) in [5, 5.41) is 0. The third kappa shape index (κ3) is 3.55. The number of benzene rings is 1. The first-order chi connectivity index (χ1) is 7.15. The topological polar surface area (TPSA) is 52.3 Å². The summed E-state index contributed by atoms with van der Waals surface area (Å²) in [6.45, 7) is 2.52. The Labute approximate surface area is 97.7 Å². The highest BCUT2D eigenvalue weighted by Crippen LogP contribution is 2.20. The summed E-state index contributed by atoms with van der Waals surface area (Å²) in [7, 11) is 0. The molecule has 1 rings (SSSR count). The van der Waals surface area contributed by atoms with Crippen molar-refractivity contribution in [2.45, 2.75) is 19.8 Å². The minimum Gasteiger partial charge on any atom is -0.462 e. The minimum atomic E-state index is -0.302. The number of anilines is 1. The van der Waals surface area contributed by atoms with Crippen molar-refractivity contribution >= 4 is 27.6 Å². The van der Waals surface area contributed by atoms with Gasteiger partial charge in [-0.15, -0.1) is 0 Å². The molecule has 0 amide bonds. The maximum absolute atomic E-state index is 11.5. The van der Waals surface area contributed by atoms with E-state index in [1.165, 1.54) is 0 Å². The number of unbranched alkanes of at least 4 members (excludes halogenated alkanes) is 1. The van der Waals surface area contributed by atoms with E-state index < -0.39 is 0 Å². The zero-order valence-electron chi connectivity index (χ0n) is 8.63. The van der Waals surface area contributed by atoms with Crippen LogP contribution in [0.3, 0.4) is 0 Å². The van der Waals surface area contributed by atoms with Crippen molar-refractivity contribution in [2.24, 2.45) is 0 Å². The largest absolute Gasteiger partial charge is 0.462 e. The highest BCUT2D eigenvalue weighted by atomic mass is 79.9. The van der Waals surface area contributed by atoms with Gasteiger partial charge < -0.3 is 10.5 Å². The molecule has 0 aliphatic heterocycles. The highest BCUT2D eigenvalue weighted by molar-refractivity contribution is 9.10. The van der Waals surface area contributed by atoms with Crippen molar-refractivity contribution < 1.29 is 9.53 Å². The fourth-order valence-corrected chi connectivity index (χ4v) is 1.43. The van der Waals surface area contributed by atoms with Gasteiger partial charge in [-0.1, -0.05) is 13.3 Å². The molecule has 0 radical (unpaired) electrons. The van der Waals surface area contributed by atoms with Gasteiger partial charge in [-0.05, 0) is 40.5 Å². The Morgan fingerprint density at radius 3 is 2.87 bits per heavy atom. The molecule has 0 saturated carbocycles. The van der Waals surface area contributed by atoms with Gasteiger partial charge in [0.2, 0.25) is 0 Å². The lowest BCUT2D eigenvalue weighted by Gasteiger charge is -2.05. The van der Waals surface area contributed by atoms with Crippen LogP contribution in [-0.4, -0.2) is 12.6 Å². The van der Waals surface area contributed by atoms with E-state index in [0.29, 0.717) is 22.3 Å². The van der Waals surface area contributed by atoms with Crippen molar-refractivity contribution in [1.29, 1.82) is 0 Å². The number of ether oxygens (including phenoxy) is 1. The Balaban J connectivity index is 2.62. The quantitative estimate of drug-likeness (QED) is 0.520. The summed E-state index contributed by atoms with van der Waals surface area (Å²) < 4.78 is 5.78. The molecule has 2 N–H and O–H groups in total. The van der Waals surface area contributed by atoms with Crippen LogP contribution >= 0.6 is 15.9 Å². The van der Waals surface area contributed by atoms with E-state index in [2.05, 4.69) is 15.9 Å². The number of hydrogen-bond donors (Lipinski definition) is 1. The highest BCUT2D eigenvalue weighted by Gasteiger charge is 2.08. The summed E-state index contributed by atoms with van der Waals surface area (Å²) in [5.41, 5.74) is 6.74. The summed E-state index contributed by atoms with van der Waals surface area (Å²) in [6.07, 6.45) is 1.90. The lowest BCUT2D eigenvalue weighted by atomic mass is 10.2. The van der Waals surface area contributed by atoms with Gasteiger partial charge in [-0.25, -0.2) is 4.79 Å². The molecule has 4 heteroatoms. The van der Waals surface area contributed by atoms with Crippen molar-refractivity contribution in [1.82, 2.24) is 0 Å². The molecular weight excluding hydrogens is 258 g/mol. The number of nitrogen functional groups attached to an aromatic ring is 1. The molecule has 82 valence electrons. The Bertz CT molecular complexity index is 352. The Morgan fingerprint density at radius 2 is 2.27 bits per heavy atom. The van der Waals surface area contributed by atoms with Crippen LogP contribution in [-0.2, 0) is 4.74 Å². The van der Waals surface area contributed by atoms with E-state index in [9.17, 15) is 4.79 Å². The molecule has 0 fully saturated rings. The first-order valence-electron chi connectivity index (χ1n) is 4.87. The van der Waals surface area contributed by atoms with Gasteiger partial charge in [-0.3, -0.25) is 0 Å². The molecule has 0 bridgehead atoms. The van der Waals surface area contributed by atoms with E-state index in [1.54, 1.807) is 18.2 Å². The van der Waals surface area contributed by atoms with Gasteiger partial charge in [0, 0.05) is 10.2 Å². The van der Waals surface area contributed by atoms with Crippen LogP contribution < -0.4 is 5.73 Å². The van der Waals surface area contributed by atoms with Crippen LogP contribution in [0.2, 0.25) is 0 Å². The van der Waals surface area contributed by atoms with Crippen molar-refractivity contribution in [2.75, 3.05) is 12.3 Å². The molecule has 0 spiro atoms. The number of rotatable bonds is 4. The van der Waals surface area contributed by atoms with E-state index in [-0.39, 0.29) is 5.97 Å². The van der Waals surface area contributed by atoms with Gasteiger partial charge in [0.25, 0.3) is 0 Å². The van der Waals surface area contributed by atoms with E-state index in [1.807, 2.05) is 6.92 Å². The number of carbonyl (C=O) groups excluding carboxylic acids is 1. The third-order valence-corrected chi connectivity index (χ3v) is 2.65. The van der Waals surface area contributed by atoms with Crippen LogP contribution in [0.5, 0.6) is 0 Å². The molecule has 0 saturated heterocycles. The van der Waals surface area contributed by atoms with E-state index >= 15 is 0 Å². The maximum atomic E-state index is 11.5. The second-order valence-electron chi connectivity index (χ2n) is 3.23. The molecular formula is C11H14BrNO2. The molecule has 0 unspecified atom stereocenters. The number of esters is 1. The van der Waals surface area contributed by atoms with Crippen LogP contribution in [0.25, 0.3) is 0 Å². The second-order valence-corrected chi connectivity index (χ2v) is 4.08. The Kier molecular flexibility index (Phi) is 4.62. The molecule has 1 aromatic carbocycles. The van der Waals surface area contributed by atoms with Crippen molar-refractivity contribution in [3.05, 3.63) is 28.2 Å². The van der Waals surface area contributed by atoms with Crippen LogP contribution in [0.15, 0.2) is 22.7 Å². The molecule has 0 aliphatic carbocycles. The van der Waals surface area contributed by atoms with Gasteiger partial charge in [0.1, 0.15) is 0 Å². The molecule has 0 aromatic heterocycles. The SMILES string of the molecule is CCCCOC(=O)c1ccc(N)c(Br)c1. The lowest BCUT2D eigenvalue weighted by Crippen LogP contribution is -2.06. The Morgan fingerprint density at radius 1 is 1.53 bits per heavy atom. The second kappa shape index (κ2) is 5.75. The monoisotopic (exact) mass is 271 g/mol. The maximum Gasteiger partial charge on any atom is 0.338 e. The predicted molar refractivity (Wildman–Crippen MR) is 63.7 cm³/mol.